The molecule has 0 radical (unpaired) electrons. The second kappa shape index (κ2) is 5.10. The van der Waals surface area contributed by atoms with Crippen LogP contribution in [0.4, 0.5) is 15.9 Å². The van der Waals surface area contributed by atoms with Crippen molar-refractivity contribution < 1.29 is 14.3 Å². The lowest BCUT2D eigenvalue weighted by Crippen LogP contribution is -2.05. The molecular formula is C12H7FN4O2. The highest BCUT2D eigenvalue weighted by Crippen LogP contribution is 2.21. The molecule has 0 unspecified atom stereocenters. The Labute approximate surface area is 107 Å². The highest BCUT2D eigenvalue weighted by atomic mass is 19.1. The van der Waals surface area contributed by atoms with Crippen molar-refractivity contribution in [3.05, 3.63) is 47.7 Å². The number of nitriles is 1. The highest BCUT2D eigenvalue weighted by Gasteiger charge is 2.10. The van der Waals surface area contributed by atoms with E-state index in [2.05, 4.69) is 15.3 Å². The summed E-state index contributed by atoms with van der Waals surface area (Å²) in [6.07, 6.45) is 2.36. The van der Waals surface area contributed by atoms with E-state index in [1.165, 1.54) is 18.3 Å². The number of rotatable bonds is 3. The molecule has 0 aliphatic heterocycles. The standard InChI is InChI=1S/C12H7FN4O2/c13-8-2-1-3-9(7(8)4-14)16-11-6-15-5-10(17-11)12(18)19/h1-3,5-6H,(H,16,17)(H,18,19). The Morgan fingerprint density at radius 3 is 2.89 bits per heavy atom. The molecule has 0 saturated carbocycles. The number of hydrogen-bond acceptors (Lipinski definition) is 5. The molecule has 0 amide bonds. The van der Waals surface area contributed by atoms with Crippen molar-refractivity contribution in [1.29, 1.82) is 5.26 Å². The van der Waals surface area contributed by atoms with Gasteiger partial charge in [-0.1, -0.05) is 6.07 Å². The normalized spacial score (nSPS) is 9.68. The molecule has 0 spiro atoms. The summed E-state index contributed by atoms with van der Waals surface area (Å²) in [5, 5.41) is 20.3. The molecule has 0 saturated heterocycles. The molecular weight excluding hydrogens is 251 g/mol. The van der Waals surface area contributed by atoms with E-state index in [9.17, 15) is 9.18 Å². The van der Waals surface area contributed by atoms with Crippen LogP contribution in [-0.2, 0) is 0 Å². The zero-order valence-electron chi connectivity index (χ0n) is 9.46. The topological polar surface area (TPSA) is 98.9 Å². The van der Waals surface area contributed by atoms with E-state index >= 15 is 0 Å². The van der Waals surface area contributed by atoms with Gasteiger partial charge in [-0.25, -0.2) is 14.2 Å². The van der Waals surface area contributed by atoms with Gasteiger partial charge in [0.25, 0.3) is 0 Å². The first kappa shape index (κ1) is 12.4. The van der Waals surface area contributed by atoms with Crippen LogP contribution < -0.4 is 5.32 Å². The number of carbonyl (C=O) groups is 1. The predicted octanol–water partition coefficient (Wildman–Crippen LogP) is 1.93. The Bertz CT molecular complexity index is 682. The monoisotopic (exact) mass is 258 g/mol. The van der Waals surface area contributed by atoms with Crippen molar-refractivity contribution in [2.45, 2.75) is 0 Å². The molecule has 0 aliphatic rings. The van der Waals surface area contributed by atoms with Crippen LogP contribution >= 0.6 is 0 Å². The second-order valence-electron chi connectivity index (χ2n) is 3.49. The first-order valence-corrected chi connectivity index (χ1v) is 5.13. The van der Waals surface area contributed by atoms with Gasteiger partial charge in [-0.15, -0.1) is 0 Å². The van der Waals surface area contributed by atoms with Gasteiger partial charge in [-0.3, -0.25) is 4.98 Å². The summed E-state index contributed by atoms with van der Waals surface area (Å²) in [4.78, 5) is 18.2. The van der Waals surface area contributed by atoms with Crippen molar-refractivity contribution in [3.63, 3.8) is 0 Å². The average molecular weight is 258 g/mol. The lowest BCUT2D eigenvalue weighted by Gasteiger charge is -2.07. The van der Waals surface area contributed by atoms with Crippen molar-refractivity contribution in [2.75, 3.05) is 5.32 Å². The molecule has 7 heteroatoms. The maximum Gasteiger partial charge on any atom is 0.356 e. The van der Waals surface area contributed by atoms with Crippen LogP contribution in [-0.4, -0.2) is 21.0 Å². The van der Waals surface area contributed by atoms with Crippen molar-refractivity contribution in [2.24, 2.45) is 0 Å². The van der Waals surface area contributed by atoms with Crippen LogP contribution in [0, 0.1) is 17.1 Å². The number of aromatic nitrogens is 2. The van der Waals surface area contributed by atoms with E-state index in [0.717, 1.165) is 12.3 Å². The first-order chi connectivity index (χ1) is 9.11. The molecule has 2 rings (SSSR count). The third-order valence-corrected chi connectivity index (χ3v) is 2.24. The molecule has 0 atom stereocenters. The number of aromatic carboxylic acids is 1. The molecule has 0 aliphatic carbocycles. The van der Waals surface area contributed by atoms with Crippen LogP contribution in [0.15, 0.2) is 30.6 Å². The lowest BCUT2D eigenvalue weighted by molar-refractivity contribution is 0.0690. The van der Waals surface area contributed by atoms with Gasteiger partial charge in [-0.05, 0) is 12.1 Å². The molecule has 1 heterocycles. The summed E-state index contributed by atoms with van der Waals surface area (Å²) < 4.78 is 13.4. The van der Waals surface area contributed by atoms with Gasteiger partial charge in [0.05, 0.1) is 18.1 Å². The number of nitrogens with zero attached hydrogens (tertiary/aromatic N) is 3. The average Bonchev–Trinajstić information content (AvgIpc) is 2.39. The van der Waals surface area contributed by atoms with E-state index < -0.39 is 11.8 Å². The van der Waals surface area contributed by atoms with Gasteiger partial charge >= 0.3 is 5.97 Å². The number of anilines is 2. The lowest BCUT2D eigenvalue weighted by atomic mass is 10.2. The molecule has 2 N–H and O–H groups in total. The molecule has 19 heavy (non-hydrogen) atoms. The van der Waals surface area contributed by atoms with Crippen molar-refractivity contribution >= 4 is 17.5 Å². The highest BCUT2D eigenvalue weighted by molar-refractivity contribution is 5.85. The number of hydrogen-bond donors (Lipinski definition) is 2. The third kappa shape index (κ3) is 2.63. The minimum absolute atomic E-state index is 0.113. The fourth-order valence-electron chi connectivity index (χ4n) is 1.41. The summed E-state index contributed by atoms with van der Waals surface area (Å²) in [6, 6.07) is 5.78. The minimum atomic E-state index is -1.23. The molecule has 1 aromatic carbocycles. The predicted molar refractivity (Wildman–Crippen MR) is 63.4 cm³/mol. The molecule has 6 nitrogen and oxygen atoms in total. The van der Waals surface area contributed by atoms with Gasteiger partial charge in [0.1, 0.15) is 23.3 Å². The third-order valence-electron chi connectivity index (χ3n) is 2.24. The molecule has 2 aromatic rings. The second-order valence-corrected chi connectivity index (χ2v) is 3.49. The van der Waals surface area contributed by atoms with Gasteiger partial charge < -0.3 is 10.4 Å². The van der Waals surface area contributed by atoms with E-state index in [1.54, 1.807) is 6.07 Å². The summed E-state index contributed by atoms with van der Waals surface area (Å²) in [5.41, 5.74) is -0.232. The number of halogens is 1. The molecule has 0 fully saturated rings. The molecule has 1 aromatic heterocycles. The summed E-state index contributed by atoms with van der Waals surface area (Å²) in [7, 11) is 0. The summed E-state index contributed by atoms with van der Waals surface area (Å²) in [6.45, 7) is 0. The zero-order chi connectivity index (χ0) is 13.8. The quantitative estimate of drug-likeness (QED) is 0.872. The largest absolute Gasteiger partial charge is 0.476 e. The Balaban J connectivity index is 2.37. The zero-order valence-corrected chi connectivity index (χ0v) is 9.46. The fourth-order valence-corrected chi connectivity index (χ4v) is 1.41. The SMILES string of the molecule is N#Cc1c(F)cccc1Nc1cncc(C(=O)O)n1. The smallest absolute Gasteiger partial charge is 0.356 e. The van der Waals surface area contributed by atoms with Crippen LogP contribution in [0.3, 0.4) is 0 Å². The van der Waals surface area contributed by atoms with Gasteiger partial charge in [0.15, 0.2) is 5.69 Å². The minimum Gasteiger partial charge on any atom is -0.476 e. The fraction of sp³-hybridized carbons (Fsp3) is 0. The van der Waals surface area contributed by atoms with Crippen LogP contribution in [0.5, 0.6) is 0 Å². The van der Waals surface area contributed by atoms with Crippen LogP contribution in [0.1, 0.15) is 16.1 Å². The van der Waals surface area contributed by atoms with E-state index in [0.29, 0.717) is 0 Å². The van der Waals surface area contributed by atoms with Crippen LogP contribution in [0.25, 0.3) is 0 Å². The Morgan fingerprint density at radius 2 is 2.21 bits per heavy atom. The number of nitrogens with one attached hydrogen (secondary N) is 1. The Kier molecular flexibility index (Phi) is 3.34. The molecule has 0 bridgehead atoms. The number of carboxylic acid groups (broad SMARTS) is 1. The number of carboxylic acids is 1. The van der Waals surface area contributed by atoms with Crippen molar-refractivity contribution in [3.8, 4) is 6.07 Å². The van der Waals surface area contributed by atoms with Crippen molar-refractivity contribution in [1.82, 2.24) is 9.97 Å². The Morgan fingerprint density at radius 1 is 1.42 bits per heavy atom. The number of benzene rings is 1. The maximum atomic E-state index is 13.4. The summed E-state index contributed by atoms with van der Waals surface area (Å²) >= 11 is 0. The van der Waals surface area contributed by atoms with Gasteiger partial charge in [0, 0.05) is 0 Å². The molecule has 94 valence electrons. The first-order valence-electron chi connectivity index (χ1n) is 5.13. The maximum absolute atomic E-state index is 13.4. The van der Waals surface area contributed by atoms with Gasteiger partial charge in [-0.2, -0.15) is 5.26 Å². The Hall–Kier alpha value is -3.01. The summed E-state index contributed by atoms with van der Waals surface area (Å²) in [5.74, 6) is -1.78. The van der Waals surface area contributed by atoms with Crippen LogP contribution in [0.2, 0.25) is 0 Å². The van der Waals surface area contributed by atoms with E-state index in [1.807, 2.05) is 0 Å². The van der Waals surface area contributed by atoms with E-state index in [4.69, 9.17) is 10.4 Å². The van der Waals surface area contributed by atoms with E-state index in [-0.39, 0.29) is 22.8 Å². The van der Waals surface area contributed by atoms with Gasteiger partial charge in [0.2, 0.25) is 0 Å².